The Morgan fingerprint density at radius 1 is 1.43 bits per heavy atom. The first-order chi connectivity index (χ1) is 11.1. The Labute approximate surface area is 137 Å². The summed E-state index contributed by atoms with van der Waals surface area (Å²) < 4.78 is 19.1. The van der Waals surface area contributed by atoms with Gasteiger partial charge in [-0.3, -0.25) is 0 Å². The van der Waals surface area contributed by atoms with Crippen LogP contribution < -0.4 is 15.8 Å². The normalized spacial score (nSPS) is 12.3. The summed E-state index contributed by atoms with van der Waals surface area (Å²) in [5.41, 5.74) is 7.31. The van der Waals surface area contributed by atoms with Crippen molar-refractivity contribution in [3.05, 3.63) is 41.2 Å². The lowest BCUT2D eigenvalue weighted by Gasteiger charge is -2.16. The molecule has 1 atom stereocenters. The van der Waals surface area contributed by atoms with Crippen LogP contribution in [0.15, 0.2) is 29.8 Å². The molecule has 0 bridgehead atoms. The fraction of sp³-hybridized carbons (Fsp3) is 0.250. The van der Waals surface area contributed by atoms with E-state index in [-0.39, 0.29) is 11.9 Å². The number of ether oxygens (including phenoxy) is 1. The van der Waals surface area contributed by atoms with E-state index in [4.69, 9.17) is 10.5 Å². The number of rotatable bonds is 5. The summed E-state index contributed by atoms with van der Waals surface area (Å²) in [5, 5.41) is 6.16. The highest BCUT2D eigenvalue weighted by molar-refractivity contribution is 7.16. The van der Waals surface area contributed by atoms with Gasteiger partial charge < -0.3 is 15.8 Å². The van der Waals surface area contributed by atoms with E-state index in [0.29, 0.717) is 23.9 Å². The number of halogens is 1. The molecule has 1 unspecified atom stereocenters. The monoisotopic (exact) mass is 332 g/mol. The van der Waals surface area contributed by atoms with Crippen LogP contribution in [0.1, 0.15) is 12.5 Å². The van der Waals surface area contributed by atoms with Crippen molar-refractivity contribution in [1.29, 1.82) is 0 Å². The molecular formula is C16H17FN4OS. The second-order valence-electron chi connectivity index (χ2n) is 5.26. The highest BCUT2D eigenvalue weighted by Gasteiger charge is 2.11. The highest BCUT2D eigenvalue weighted by atomic mass is 32.1. The fourth-order valence-electron chi connectivity index (χ4n) is 2.08. The van der Waals surface area contributed by atoms with Gasteiger partial charge in [-0.15, -0.1) is 11.3 Å². The van der Waals surface area contributed by atoms with Crippen LogP contribution in [0.4, 0.5) is 16.0 Å². The molecule has 0 spiro atoms. The summed E-state index contributed by atoms with van der Waals surface area (Å²) >= 11 is 1.56. The van der Waals surface area contributed by atoms with Crippen LogP contribution in [0.5, 0.6) is 5.75 Å². The molecule has 0 radical (unpaired) electrons. The standard InChI is InChI=1S/C16H17FN4OS/c1-9-8-23-15-12(9)7-19-16(21-15)20-13-4-3-11(17)5-14(13)22-10(2)6-18/h3-5,7-8,10H,6,18H2,1-2H3,(H,19,20,21). The second kappa shape index (κ2) is 6.47. The van der Waals surface area contributed by atoms with Gasteiger partial charge >= 0.3 is 0 Å². The first-order valence-corrected chi connectivity index (χ1v) is 8.09. The predicted molar refractivity (Wildman–Crippen MR) is 91.0 cm³/mol. The van der Waals surface area contributed by atoms with Crippen molar-refractivity contribution in [2.75, 3.05) is 11.9 Å². The maximum atomic E-state index is 13.5. The molecule has 120 valence electrons. The van der Waals surface area contributed by atoms with E-state index in [2.05, 4.69) is 15.3 Å². The van der Waals surface area contributed by atoms with Crippen molar-refractivity contribution < 1.29 is 9.13 Å². The van der Waals surface area contributed by atoms with Gasteiger partial charge in [-0.2, -0.15) is 0 Å². The Kier molecular flexibility index (Phi) is 4.40. The number of nitrogens with zero attached hydrogens (tertiary/aromatic N) is 2. The van der Waals surface area contributed by atoms with Gasteiger partial charge in [0.25, 0.3) is 0 Å². The zero-order valence-corrected chi connectivity index (χ0v) is 13.7. The summed E-state index contributed by atoms with van der Waals surface area (Å²) in [5.74, 6) is 0.449. The van der Waals surface area contributed by atoms with Gasteiger partial charge in [0, 0.05) is 24.2 Å². The molecule has 3 rings (SSSR count). The van der Waals surface area contributed by atoms with E-state index < -0.39 is 0 Å². The van der Waals surface area contributed by atoms with E-state index in [9.17, 15) is 4.39 Å². The average molecular weight is 332 g/mol. The maximum Gasteiger partial charge on any atom is 0.228 e. The molecule has 0 amide bonds. The van der Waals surface area contributed by atoms with Gasteiger partial charge in [0.1, 0.15) is 22.5 Å². The second-order valence-corrected chi connectivity index (χ2v) is 6.12. The number of aryl methyl sites for hydroxylation is 1. The molecule has 0 aliphatic carbocycles. The molecule has 2 heterocycles. The molecule has 1 aromatic carbocycles. The third-order valence-corrected chi connectivity index (χ3v) is 4.38. The highest BCUT2D eigenvalue weighted by Crippen LogP contribution is 2.30. The third kappa shape index (κ3) is 3.40. The van der Waals surface area contributed by atoms with Crippen molar-refractivity contribution in [2.24, 2.45) is 5.73 Å². The minimum atomic E-state index is -0.375. The van der Waals surface area contributed by atoms with Crippen LogP contribution in [0.25, 0.3) is 10.2 Å². The molecule has 7 heteroatoms. The van der Waals surface area contributed by atoms with Gasteiger partial charge in [-0.1, -0.05) is 0 Å². The molecule has 23 heavy (non-hydrogen) atoms. The van der Waals surface area contributed by atoms with Crippen LogP contribution >= 0.6 is 11.3 Å². The Morgan fingerprint density at radius 3 is 3.04 bits per heavy atom. The molecule has 0 aliphatic rings. The Bertz CT molecular complexity index is 836. The van der Waals surface area contributed by atoms with Gasteiger partial charge in [0.05, 0.1) is 5.69 Å². The van der Waals surface area contributed by atoms with E-state index in [0.717, 1.165) is 15.8 Å². The Morgan fingerprint density at radius 2 is 2.26 bits per heavy atom. The zero-order chi connectivity index (χ0) is 16.4. The minimum Gasteiger partial charge on any atom is -0.487 e. The summed E-state index contributed by atoms with van der Waals surface area (Å²) in [7, 11) is 0. The molecule has 2 aromatic heterocycles. The predicted octanol–water partition coefficient (Wildman–Crippen LogP) is 3.61. The van der Waals surface area contributed by atoms with E-state index in [1.54, 1.807) is 23.6 Å². The summed E-state index contributed by atoms with van der Waals surface area (Å²) in [6.45, 7) is 4.19. The van der Waals surface area contributed by atoms with Crippen molar-refractivity contribution >= 4 is 33.2 Å². The Hall–Kier alpha value is -2.25. The van der Waals surface area contributed by atoms with Crippen LogP contribution in [-0.4, -0.2) is 22.6 Å². The number of benzene rings is 1. The molecule has 0 saturated carbocycles. The molecule has 0 saturated heterocycles. The van der Waals surface area contributed by atoms with Crippen molar-refractivity contribution in [2.45, 2.75) is 20.0 Å². The molecular weight excluding hydrogens is 315 g/mol. The van der Waals surface area contributed by atoms with E-state index in [1.165, 1.54) is 12.1 Å². The smallest absolute Gasteiger partial charge is 0.228 e. The lowest BCUT2D eigenvalue weighted by molar-refractivity contribution is 0.230. The first kappa shape index (κ1) is 15.6. The van der Waals surface area contributed by atoms with Crippen molar-refractivity contribution in [3.8, 4) is 5.75 Å². The molecule has 0 fully saturated rings. The number of fused-ring (bicyclic) bond motifs is 1. The number of thiophene rings is 1. The largest absolute Gasteiger partial charge is 0.487 e. The molecule has 0 aliphatic heterocycles. The average Bonchev–Trinajstić information content (AvgIpc) is 2.90. The number of anilines is 2. The summed E-state index contributed by atoms with van der Waals surface area (Å²) in [4.78, 5) is 9.69. The van der Waals surface area contributed by atoms with Gasteiger partial charge in [0.15, 0.2) is 0 Å². The third-order valence-electron chi connectivity index (χ3n) is 3.38. The lowest BCUT2D eigenvalue weighted by atomic mass is 10.2. The van der Waals surface area contributed by atoms with E-state index in [1.807, 2.05) is 19.2 Å². The van der Waals surface area contributed by atoms with Crippen LogP contribution in [-0.2, 0) is 0 Å². The van der Waals surface area contributed by atoms with Gasteiger partial charge in [-0.25, -0.2) is 14.4 Å². The van der Waals surface area contributed by atoms with Gasteiger partial charge in [0.2, 0.25) is 5.95 Å². The quantitative estimate of drug-likeness (QED) is 0.747. The zero-order valence-electron chi connectivity index (χ0n) is 12.8. The Balaban J connectivity index is 1.91. The lowest BCUT2D eigenvalue weighted by Crippen LogP contribution is -2.23. The summed E-state index contributed by atoms with van der Waals surface area (Å²) in [6, 6.07) is 4.28. The molecule has 3 aromatic rings. The number of hydrogen-bond donors (Lipinski definition) is 2. The fourth-order valence-corrected chi connectivity index (χ4v) is 2.97. The number of nitrogens with two attached hydrogens (primary N) is 1. The number of nitrogens with one attached hydrogen (secondary N) is 1. The number of aromatic nitrogens is 2. The topological polar surface area (TPSA) is 73.1 Å². The van der Waals surface area contributed by atoms with Crippen LogP contribution in [0.2, 0.25) is 0 Å². The van der Waals surface area contributed by atoms with Crippen LogP contribution in [0, 0.1) is 12.7 Å². The molecule has 5 nitrogen and oxygen atoms in total. The maximum absolute atomic E-state index is 13.5. The summed E-state index contributed by atoms with van der Waals surface area (Å²) in [6.07, 6.45) is 1.56. The van der Waals surface area contributed by atoms with E-state index >= 15 is 0 Å². The van der Waals surface area contributed by atoms with Crippen LogP contribution in [0.3, 0.4) is 0 Å². The minimum absolute atomic E-state index is 0.222. The SMILES string of the molecule is Cc1csc2nc(Nc3ccc(F)cc3OC(C)CN)ncc12. The van der Waals surface area contributed by atoms with Crippen molar-refractivity contribution in [3.63, 3.8) is 0 Å². The molecule has 3 N–H and O–H groups in total. The number of hydrogen-bond acceptors (Lipinski definition) is 6. The first-order valence-electron chi connectivity index (χ1n) is 7.21. The van der Waals surface area contributed by atoms with Gasteiger partial charge in [-0.05, 0) is 36.9 Å². The van der Waals surface area contributed by atoms with Crippen molar-refractivity contribution in [1.82, 2.24) is 9.97 Å².